The van der Waals surface area contributed by atoms with Gasteiger partial charge >= 0.3 is 0 Å². The number of nitrogens with one attached hydrogen (secondary N) is 1. The van der Waals surface area contributed by atoms with Crippen LogP contribution in [0.15, 0.2) is 71.8 Å². The first-order chi connectivity index (χ1) is 19.4. The normalized spacial score (nSPS) is 15.6. The Balaban J connectivity index is 1.14. The van der Waals surface area contributed by atoms with Crippen LogP contribution >= 0.6 is 0 Å². The van der Waals surface area contributed by atoms with Crippen LogP contribution < -0.4 is 14.8 Å². The van der Waals surface area contributed by atoms with Gasteiger partial charge in [-0.3, -0.25) is 0 Å². The summed E-state index contributed by atoms with van der Waals surface area (Å²) in [5.74, 6) is 2.05. The second kappa shape index (κ2) is 12.6. The first kappa shape index (κ1) is 27.8. The van der Waals surface area contributed by atoms with Crippen molar-refractivity contribution in [3.05, 3.63) is 72.4 Å². The molecule has 0 aliphatic carbocycles. The van der Waals surface area contributed by atoms with Crippen LogP contribution in [0.2, 0.25) is 0 Å². The molecule has 0 saturated carbocycles. The number of pyridine rings is 2. The third-order valence-corrected chi connectivity index (χ3v) is 8.12. The fourth-order valence-corrected chi connectivity index (χ4v) is 5.74. The fraction of sp³-hybridized carbons (Fsp3) is 0.333. The van der Waals surface area contributed by atoms with Gasteiger partial charge in [0.25, 0.3) is 10.1 Å². The van der Waals surface area contributed by atoms with E-state index in [0.717, 1.165) is 46.6 Å². The average molecular weight is 564 g/mol. The van der Waals surface area contributed by atoms with Crippen molar-refractivity contribution in [2.45, 2.75) is 43.8 Å². The third kappa shape index (κ3) is 6.70. The molecule has 0 amide bonds. The van der Waals surface area contributed by atoms with Crippen LogP contribution in [-0.4, -0.2) is 51.5 Å². The van der Waals surface area contributed by atoms with E-state index in [4.69, 9.17) is 23.4 Å². The van der Waals surface area contributed by atoms with Crippen molar-refractivity contribution in [2.24, 2.45) is 0 Å². The Morgan fingerprint density at radius 3 is 2.67 bits per heavy atom. The summed E-state index contributed by atoms with van der Waals surface area (Å²) < 4.78 is 48.2. The van der Waals surface area contributed by atoms with E-state index in [1.165, 1.54) is 6.07 Å². The Bertz CT molecular complexity index is 1550. The van der Waals surface area contributed by atoms with Gasteiger partial charge in [-0.15, -0.1) is 0 Å². The van der Waals surface area contributed by atoms with E-state index in [0.29, 0.717) is 44.0 Å². The molecule has 1 fully saturated rings. The van der Waals surface area contributed by atoms with Gasteiger partial charge < -0.3 is 19.5 Å². The van der Waals surface area contributed by atoms with Crippen molar-refractivity contribution in [1.82, 2.24) is 9.97 Å². The van der Waals surface area contributed by atoms with Gasteiger partial charge in [-0.2, -0.15) is 8.42 Å². The zero-order valence-corrected chi connectivity index (χ0v) is 23.4. The number of nitrogens with zero attached hydrogens (tertiary/aromatic N) is 2. The molecule has 1 atom stereocenters. The number of hydrogen-bond acceptors (Lipinski definition) is 9. The van der Waals surface area contributed by atoms with Gasteiger partial charge in [-0.05, 0) is 74.7 Å². The van der Waals surface area contributed by atoms with Crippen molar-refractivity contribution in [1.29, 1.82) is 0 Å². The van der Waals surface area contributed by atoms with Gasteiger partial charge in [0.05, 0.1) is 24.4 Å². The fourth-order valence-electron chi connectivity index (χ4n) is 4.48. The number of anilines is 1. The molecule has 1 N–H and O–H groups in total. The average Bonchev–Trinajstić information content (AvgIpc) is 2.97. The molecule has 0 bridgehead atoms. The number of rotatable bonds is 11. The first-order valence-electron chi connectivity index (χ1n) is 13.4. The molecule has 9 nitrogen and oxygen atoms in total. The van der Waals surface area contributed by atoms with E-state index in [1.807, 2.05) is 49.5 Å². The number of benzene rings is 2. The highest BCUT2D eigenvalue weighted by Crippen LogP contribution is 2.29. The summed E-state index contributed by atoms with van der Waals surface area (Å²) >= 11 is 0. The molecular weight excluding hydrogens is 530 g/mol. The molecule has 3 heterocycles. The molecule has 0 radical (unpaired) electrons. The highest BCUT2D eigenvalue weighted by Gasteiger charge is 2.26. The lowest BCUT2D eigenvalue weighted by Gasteiger charge is -2.22. The van der Waals surface area contributed by atoms with Gasteiger partial charge in [0.15, 0.2) is 6.29 Å². The number of ether oxygens (including phenoxy) is 3. The summed E-state index contributed by atoms with van der Waals surface area (Å²) in [5.41, 5.74) is 3.18. The number of hydrogen-bond donors (Lipinski definition) is 1. The quantitative estimate of drug-likeness (QED) is 0.181. The molecule has 1 aliphatic rings. The van der Waals surface area contributed by atoms with Gasteiger partial charge in [-0.1, -0.05) is 12.1 Å². The van der Waals surface area contributed by atoms with Crippen LogP contribution in [0.1, 0.15) is 31.2 Å². The molecule has 10 heteroatoms. The largest absolute Gasteiger partial charge is 0.493 e. The number of aromatic nitrogens is 2. The van der Waals surface area contributed by atoms with E-state index in [1.54, 1.807) is 25.3 Å². The van der Waals surface area contributed by atoms with Crippen molar-refractivity contribution >= 4 is 26.8 Å². The molecule has 1 saturated heterocycles. The van der Waals surface area contributed by atoms with Crippen LogP contribution in [-0.2, 0) is 19.0 Å². The van der Waals surface area contributed by atoms with Crippen LogP contribution in [0.4, 0.5) is 5.82 Å². The highest BCUT2D eigenvalue weighted by molar-refractivity contribution is 7.86. The van der Waals surface area contributed by atoms with Crippen LogP contribution in [0.25, 0.3) is 22.2 Å². The molecule has 210 valence electrons. The van der Waals surface area contributed by atoms with Crippen molar-refractivity contribution < 1.29 is 26.8 Å². The first-order valence-corrected chi connectivity index (χ1v) is 14.8. The minimum absolute atomic E-state index is 0.0922. The van der Waals surface area contributed by atoms with E-state index in [2.05, 4.69) is 10.3 Å². The predicted molar refractivity (Wildman–Crippen MR) is 153 cm³/mol. The molecular formula is C30H33N3O6S. The molecule has 4 aromatic rings. The Kier molecular flexibility index (Phi) is 8.78. The molecule has 5 rings (SSSR count). The Morgan fingerprint density at radius 2 is 1.90 bits per heavy atom. The van der Waals surface area contributed by atoms with E-state index in [-0.39, 0.29) is 4.90 Å². The zero-order valence-electron chi connectivity index (χ0n) is 22.6. The maximum Gasteiger partial charge on any atom is 0.299 e. The smallest absolute Gasteiger partial charge is 0.299 e. The van der Waals surface area contributed by atoms with Gasteiger partial charge in [0.1, 0.15) is 22.2 Å². The van der Waals surface area contributed by atoms with Crippen molar-refractivity contribution in [2.75, 3.05) is 32.2 Å². The second-order valence-corrected chi connectivity index (χ2v) is 11.0. The van der Waals surface area contributed by atoms with Crippen molar-refractivity contribution in [3.63, 3.8) is 0 Å². The van der Waals surface area contributed by atoms with E-state index in [9.17, 15) is 8.42 Å². The Hall–Kier alpha value is -3.73. The van der Waals surface area contributed by atoms with Crippen molar-refractivity contribution in [3.8, 4) is 22.8 Å². The maximum atomic E-state index is 12.8. The minimum Gasteiger partial charge on any atom is -0.493 e. The minimum atomic E-state index is -3.96. The molecule has 2 aromatic heterocycles. The van der Waals surface area contributed by atoms with Gasteiger partial charge in [-0.25, -0.2) is 14.2 Å². The summed E-state index contributed by atoms with van der Waals surface area (Å²) in [4.78, 5) is 9.21. The zero-order chi connectivity index (χ0) is 28.0. The highest BCUT2D eigenvalue weighted by atomic mass is 32.2. The van der Waals surface area contributed by atoms with E-state index >= 15 is 0 Å². The summed E-state index contributed by atoms with van der Waals surface area (Å²) in [6, 6.07) is 18.6. The lowest BCUT2D eigenvalue weighted by molar-refractivity contribution is -0.102. The monoisotopic (exact) mass is 563 g/mol. The molecule has 2 aromatic carbocycles. The molecule has 1 aliphatic heterocycles. The molecule has 1 unspecified atom stereocenters. The van der Waals surface area contributed by atoms with Crippen LogP contribution in [0.3, 0.4) is 0 Å². The lowest BCUT2D eigenvalue weighted by Crippen LogP contribution is -2.25. The maximum absolute atomic E-state index is 12.8. The number of fused-ring (bicyclic) bond motifs is 1. The molecule has 40 heavy (non-hydrogen) atoms. The summed E-state index contributed by atoms with van der Waals surface area (Å²) in [5, 5.41) is 3.99. The van der Waals surface area contributed by atoms with Gasteiger partial charge in [0.2, 0.25) is 0 Å². The lowest BCUT2D eigenvalue weighted by atomic mass is 10.1. The van der Waals surface area contributed by atoms with Crippen LogP contribution in [0.5, 0.6) is 11.5 Å². The third-order valence-electron chi connectivity index (χ3n) is 6.67. The topological polar surface area (TPSA) is 109 Å². The Morgan fingerprint density at radius 1 is 1.02 bits per heavy atom. The SMILES string of the molecule is CNc1ccc(-c2ccc3cc(OCCCOc4cccc(S(=O)(=O)OC5CCCCO5)c4C)ccc3n2)cn1. The summed E-state index contributed by atoms with van der Waals surface area (Å²) in [7, 11) is -2.13. The predicted octanol–water partition coefficient (Wildman–Crippen LogP) is 5.73. The second-order valence-electron chi connectivity index (χ2n) is 9.51. The summed E-state index contributed by atoms with van der Waals surface area (Å²) in [6.45, 7) is 3.04. The molecule has 0 spiro atoms. The van der Waals surface area contributed by atoms with Gasteiger partial charge in [0, 0.05) is 42.8 Å². The van der Waals surface area contributed by atoms with Crippen LogP contribution in [0, 0.1) is 6.92 Å². The summed E-state index contributed by atoms with van der Waals surface area (Å²) in [6.07, 6.45) is 4.04. The van der Waals surface area contributed by atoms with E-state index < -0.39 is 16.4 Å². The Labute approximate surface area is 234 Å². The standard InChI is InChI=1S/C30H33N3O6S/c1-21-27(7-5-8-28(21)40(34,35)39-30-9-3-4-16-38-30)37-18-6-17-36-24-12-14-25-22(19-24)10-13-26(33-25)23-11-15-29(31-2)32-20-23/h5,7-8,10-15,19-20,30H,3-4,6,9,16-18H2,1-2H3,(H,31,32).